The number of aliphatic hydroxyl groups excluding tert-OH is 1. The molecule has 3 N–H and O–H groups in total. The van der Waals surface area contributed by atoms with Gasteiger partial charge in [0, 0.05) is 100 Å². The van der Waals surface area contributed by atoms with Gasteiger partial charge in [-0.1, -0.05) is 98.9 Å². The van der Waals surface area contributed by atoms with Gasteiger partial charge in [0.15, 0.2) is 0 Å². The van der Waals surface area contributed by atoms with Crippen LogP contribution in [0.15, 0.2) is 0 Å². The molecule has 0 bridgehead atoms. The molecule has 6 atom stereocenters. The number of hydrogen-bond acceptors (Lipinski definition) is 14. The van der Waals surface area contributed by atoms with E-state index in [1.165, 1.54) is 38.2 Å². The van der Waals surface area contributed by atoms with Gasteiger partial charge in [0.25, 0.3) is 0 Å². The Morgan fingerprint density at radius 3 is 1.21 bits per heavy atom. The third kappa shape index (κ3) is 26.9. The molecule has 0 saturated carbocycles. The summed E-state index contributed by atoms with van der Waals surface area (Å²) >= 11 is 0. The Balaban J connectivity index is -0.000000131. The second-order valence-corrected chi connectivity index (χ2v) is 14.3. The largest absolute Gasteiger partial charge is 0.483 e. The fraction of sp³-hybridized carbons (Fsp3) is 0.837. The quantitative estimate of drug-likeness (QED) is 0.0847. The van der Waals surface area contributed by atoms with Crippen molar-refractivity contribution in [3.8, 4) is 0 Å². The first-order chi connectivity index (χ1) is 26.8. The maximum atomic E-state index is 13.2. The monoisotopic (exact) mass is 977 g/mol. The minimum Gasteiger partial charge on any atom is -0.483 e. The number of esters is 2. The second kappa shape index (κ2) is 41.1. The summed E-state index contributed by atoms with van der Waals surface area (Å²) in [5, 5.41) is 12.2. The van der Waals surface area contributed by atoms with Crippen LogP contribution in [0.4, 0.5) is 9.59 Å². The molecule has 0 aromatic heterocycles. The van der Waals surface area contributed by atoms with Crippen LogP contribution in [0.3, 0.4) is 0 Å². The molecule has 371 valence electrons. The Morgan fingerprint density at radius 1 is 0.629 bits per heavy atom. The molecule has 62 heavy (non-hydrogen) atoms. The van der Waals surface area contributed by atoms with Gasteiger partial charge in [0.2, 0.25) is 11.8 Å². The van der Waals surface area contributed by atoms with Crippen molar-refractivity contribution in [2.24, 2.45) is 10.8 Å². The van der Waals surface area contributed by atoms with Gasteiger partial charge in [-0.05, 0) is 17.4 Å². The first-order valence-corrected chi connectivity index (χ1v) is 19.2. The zero-order chi connectivity index (χ0) is 45.1. The molecule has 19 heteroatoms. The van der Waals surface area contributed by atoms with Crippen molar-refractivity contribution in [3.05, 3.63) is 6.92 Å². The molecule has 0 spiro atoms. The molecule has 2 aliphatic rings. The van der Waals surface area contributed by atoms with E-state index in [1.807, 2.05) is 69.2 Å². The summed E-state index contributed by atoms with van der Waals surface area (Å²) in [7, 11) is 8.18. The molecular weight excluding hydrogens is 885 g/mol. The first-order valence-electron chi connectivity index (χ1n) is 19.2. The van der Waals surface area contributed by atoms with Crippen LogP contribution in [0.25, 0.3) is 0 Å². The summed E-state index contributed by atoms with van der Waals surface area (Å²) < 4.78 is 35.0. The maximum Gasteiger partial charge on any atom is 0.407 e. The van der Waals surface area contributed by atoms with Gasteiger partial charge < -0.3 is 65.6 Å². The number of carbonyl (C=O) groups is 6. The molecule has 4 amide bonds. The average molecular weight is 977 g/mol. The van der Waals surface area contributed by atoms with Crippen LogP contribution in [-0.2, 0) is 85.0 Å². The van der Waals surface area contributed by atoms with E-state index in [0.717, 1.165) is 7.11 Å². The average Bonchev–Trinajstić information content (AvgIpc) is 3.84. The molecule has 2 rings (SSSR count). The number of aliphatic hydroxyl groups is 1. The van der Waals surface area contributed by atoms with Crippen LogP contribution in [0.2, 0.25) is 0 Å². The Labute approximate surface area is 402 Å². The van der Waals surface area contributed by atoms with Gasteiger partial charge >= 0.3 is 24.1 Å². The van der Waals surface area contributed by atoms with Crippen LogP contribution in [0, 0.1) is 17.8 Å². The number of alkyl carbamates (subject to hydrolysis) is 2. The first kappa shape index (κ1) is 76.6. The zero-order valence-electron chi connectivity index (χ0n) is 38.1. The van der Waals surface area contributed by atoms with E-state index in [1.54, 1.807) is 7.11 Å². The third-order valence-corrected chi connectivity index (χ3v) is 8.41. The van der Waals surface area contributed by atoms with Crippen LogP contribution in [0.5, 0.6) is 0 Å². The number of likely N-dealkylation sites (tertiary alicyclic amines) is 2. The van der Waals surface area contributed by atoms with E-state index < -0.39 is 59.1 Å². The predicted octanol–water partition coefficient (Wildman–Crippen LogP) is 5.91. The number of nitrogens with zero attached hydrogens (tertiary/aromatic N) is 2. The smallest absolute Gasteiger partial charge is 0.407 e. The standard InChI is InChI=1S/C18H32N2O7.C16H27N2O6.2C2H6.CH4O.4CH4.Y/c1-18(2,3)14(19-17(23)27-9-7-8-24-4)15(21)20-11-12(25-5)10-13(20)16(22)26-6;1-7-24-15(21)17-12(16(2,3)4)13(19)18-9-10(22-5)8-11(18)14(20)23-6;3*1-2;;;;;/h12-14H,7-11H2,1-6H3,(H,19,23);10-12H,1,7-9H2,2-6H3,(H,17,21);2*1-2H3;2H,1H3;4*1H4;/q;-1;;;;;;;;/t12-,13+,14-;10-,11+,12-;;;;;;;;/m11......../s1. The number of ether oxygens (including phenoxy) is 7. The third-order valence-electron chi connectivity index (χ3n) is 8.41. The number of hydrogen-bond donors (Lipinski definition) is 3. The molecule has 0 aromatic carbocycles. The normalized spacial score (nSPS) is 17.9. The summed E-state index contributed by atoms with van der Waals surface area (Å²) in [5.74, 6) is -1.75. The van der Waals surface area contributed by atoms with Crippen LogP contribution < -0.4 is 10.6 Å². The second-order valence-electron chi connectivity index (χ2n) is 14.3. The molecular formula is C43H91N4O14Y-. The molecule has 0 unspecified atom stereocenters. The van der Waals surface area contributed by atoms with Crippen LogP contribution in [-0.4, -0.2) is 163 Å². The van der Waals surface area contributed by atoms with E-state index >= 15 is 0 Å². The Kier molecular flexibility index (Phi) is 50.8. The Morgan fingerprint density at radius 2 is 0.952 bits per heavy atom. The summed E-state index contributed by atoms with van der Waals surface area (Å²) in [6.07, 6.45) is -0.663. The number of methoxy groups -OCH3 is 5. The molecule has 18 nitrogen and oxygen atoms in total. The van der Waals surface area contributed by atoms with Crippen LogP contribution in [0.1, 0.15) is 118 Å². The van der Waals surface area contributed by atoms with E-state index in [4.69, 9.17) is 38.3 Å². The van der Waals surface area contributed by atoms with E-state index in [9.17, 15) is 28.8 Å². The van der Waals surface area contributed by atoms with Gasteiger partial charge in [-0.3, -0.25) is 9.59 Å². The fourth-order valence-electron chi connectivity index (χ4n) is 5.55. The molecule has 2 aliphatic heterocycles. The zero-order valence-corrected chi connectivity index (χ0v) is 40.9. The van der Waals surface area contributed by atoms with Crippen molar-refractivity contribution in [1.82, 2.24) is 20.4 Å². The van der Waals surface area contributed by atoms with Gasteiger partial charge in [-0.25, -0.2) is 19.2 Å². The predicted molar refractivity (Wildman–Crippen MR) is 241 cm³/mol. The SMILES string of the molecule is C.C.C.C.CC.CC.CO.COCCCOC(=O)N[C@H](C(=O)N1C[C@H](OC)C[C@H]1C(=O)OC)C(C)(C)C.[CH2-]COC(=O)N[C@H](C(=O)N1C[C@H](OC)C[C@H]1C(=O)OC)C(C)(C)C.[Y]. The van der Waals surface area contributed by atoms with Crippen molar-refractivity contribution < 1.29 is 99.7 Å². The molecule has 2 saturated heterocycles. The van der Waals surface area contributed by atoms with Crippen molar-refractivity contribution >= 4 is 35.9 Å². The fourth-order valence-corrected chi connectivity index (χ4v) is 5.55. The molecule has 1 radical (unpaired) electrons. The summed E-state index contributed by atoms with van der Waals surface area (Å²) in [5.41, 5.74) is -1.17. The van der Waals surface area contributed by atoms with Crippen molar-refractivity contribution in [1.29, 1.82) is 0 Å². The number of rotatable bonds is 13. The van der Waals surface area contributed by atoms with Gasteiger partial charge in [0.1, 0.15) is 24.2 Å². The maximum absolute atomic E-state index is 13.2. The molecule has 0 aliphatic carbocycles. The molecule has 2 fully saturated rings. The molecule has 0 aromatic rings. The van der Waals surface area contributed by atoms with Gasteiger partial charge in [-0.15, -0.1) is 0 Å². The minimum atomic E-state index is -0.866. The number of carbonyl (C=O) groups excluding carboxylic acids is 6. The number of amides is 4. The molecule has 2 heterocycles. The summed E-state index contributed by atoms with van der Waals surface area (Å²) in [4.78, 5) is 76.9. The van der Waals surface area contributed by atoms with Crippen molar-refractivity contribution in [3.63, 3.8) is 0 Å². The van der Waals surface area contributed by atoms with E-state index in [2.05, 4.69) is 17.6 Å². The topological polar surface area (TPSA) is 218 Å². The van der Waals surface area contributed by atoms with E-state index in [-0.39, 0.29) is 113 Å². The van der Waals surface area contributed by atoms with Crippen LogP contribution >= 0.6 is 0 Å². The van der Waals surface area contributed by atoms with Crippen molar-refractivity contribution in [2.75, 3.05) is 75.6 Å². The van der Waals surface area contributed by atoms with Crippen molar-refractivity contribution in [2.45, 2.75) is 155 Å². The Hall–Kier alpha value is -2.64. The summed E-state index contributed by atoms with van der Waals surface area (Å²) in [6, 6.07) is -3.20. The van der Waals surface area contributed by atoms with Gasteiger partial charge in [0.05, 0.1) is 33.0 Å². The summed E-state index contributed by atoms with van der Waals surface area (Å²) in [6.45, 7) is 23.5. The Bertz CT molecular complexity index is 1180. The minimum absolute atomic E-state index is 0. The van der Waals surface area contributed by atoms with Gasteiger partial charge in [-0.2, -0.15) is 0 Å². The number of nitrogens with one attached hydrogen (secondary N) is 2. The van der Waals surface area contributed by atoms with E-state index in [0.29, 0.717) is 25.9 Å².